The van der Waals surface area contributed by atoms with E-state index in [1.54, 1.807) is 42.5 Å². The van der Waals surface area contributed by atoms with Gasteiger partial charge in [0.25, 0.3) is 0 Å². The largest absolute Gasteiger partial charge is 0.495 e. The fraction of sp³-hybridized carbons (Fsp3) is 0.312. The molecule has 0 atom stereocenters. The van der Waals surface area contributed by atoms with E-state index >= 15 is 0 Å². The Morgan fingerprint density at radius 1 is 0.778 bits per heavy atom. The van der Waals surface area contributed by atoms with E-state index in [0.717, 1.165) is 5.56 Å². The number of carboxylic acid groups (broad SMARTS) is 1. The smallest absolute Gasteiger partial charge is 0.323 e. The number of para-hydroxylation sites is 1. The number of amides is 4. The number of methoxy groups -OCH3 is 3. The normalized spacial score (nSPS) is 10.2. The van der Waals surface area contributed by atoms with Gasteiger partial charge in [-0.1, -0.05) is 30.3 Å². The Labute approximate surface area is 284 Å². The number of urea groups is 1. The van der Waals surface area contributed by atoms with Crippen molar-refractivity contribution in [2.75, 3.05) is 52.1 Å². The van der Waals surface area contributed by atoms with Crippen LogP contribution in [0.15, 0.2) is 60.7 Å². The summed E-state index contributed by atoms with van der Waals surface area (Å²) in [5.41, 5.74) is 3.33. The van der Waals surface area contributed by atoms with Gasteiger partial charge in [-0.05, 0) is 53.9 Å². The molecule has 0 fully saturated rings. The predicted octanol–water partition coefficient (Wildman–Crippen LogP) is 3.79. The molecular formula is C32H38N4NaO8. The predicted molar refractivity (Wildman–Crippen MR) is 171 cm³/mol. The molecule has 45 heavy (non-hydrogen) atoms. The molecule has 0 aliphatic rings. The molecule has 4 amide bonds. The third-order valence-corrected chi connectivity index (χ3v) is 6.83. The van der Waals surface area contributed by atoms with Gasteiger partial charge in [0.05, 0.1) is 46.4 Å². The quantitative estimate of drug-likeness (QED) is 0.228. The molecule has 0 saturated heterocycles. The van der Waals surface area contributed by atoms with Gasteiger partial charge in [0.1, 0.15) is 5.75 Å². The number of aryl methyl sites for hydroxylation is 1. The van der Waals surface area contributed by atoms with Gasteiger partial charge in [-0.2, -0.15) is 0 Å². The van der Waals surface area contributed by atoms with Crippen LogP contribution in [0.3, 0.4) is 0 Å². The Morgan fingerprint density at radius 2 is 1.40 bits per heavy atom. The van der Waals surface area contributed by atoms with E-state index in [9.17, 15) is 24.3 Å². The Kier molecular flexibility index (Phi) is 14.7. The first-order chi connectivity index (χ1) is 21.0. The summed E-state index contributed by atoms with van der Waals surface area (Å²) in [5, 5.41) is 14.8. The average Bonchev–Trinajstić information content (AvgIpc) is 3.00. The summed E-state index contributed by atoms with van der Waals surface area (Å²) in [5.74, 6) is -0.415. The molecule has 0 aromatic heterocycles. The van der Waals surface area contributed by atoms with Crippen LogP contribution in [0.5, 0.6) is 17.2 Å². The molecule has 0 heterocycles. The van der Waals surface area contributed by atoms with E-state index in [-0.39, 0.29) is 67.9 Å². The number of carbonyl (C=O) groups is 4. The van der Waals surface area contributed by atoms with E-state index in [0.29, 0.717) is 39.8 Å². The summed E-state index contributed by atoms with van der Waals surface area (Å²) in [4.78, 5) is 52.8. The number of carboxylic acids is 1. The van der Waals surface area contributed by atoms with E-state index in [2.05, 4.69) is 10.6 Å². The number of hydrogen-bond acceptors (Lipinski definition) is 7. The van der Waals surface area contributed by atoms with Crippen LogP contribution in [0.25, 0.3) is 0 Å². The molecule has 13 heteroatoms. The van der Waals surface area contributed by atoms with Crippen LogP contribution < -0.4 is 24.8 Å². The van der Waals surface area contributed by atoms with E-state index in [1.165, 1.54) is 38.2 Å². The van der Waals surface area contributed by atoms with Crippen molar-refractivity contribution in [3.63, 3.8) is 0 Å². The molecule has 0 aliphatic heterocycles. The third kappa shape index (κ3) is 11.0. The first-order valence-corrected chi connectivity index (χ1v) is 13.8. The minimum absolute atomic E-state index is 0. The number of aliphatic carboxylic acids is 1. The van der Waals surface area contributed by atoms with Gasteiger partial charge in [-0.3, -0.25) is 14.4 Å². The van der Waals surface area contributed by atoms with Gasteiger partial charge in [0, 0.05) is 55.4 Å². The van der Waals surface area contributed by atoms with Crippen molar-refractivity contribution in [1.82, 2.24) is 9.80 Å². The molecule has 1 radical (unpaired) electrons. The van der Waals surface area contributed by atoms with E-state index in [1.807, 2.05) is 25.1 Å². The fourth-order valence-corrected chi connectivity index (χ4v) is 4.36. The van der Waals surface area contributed by atoms with Crippen LogP contribution in [0.1, 0.15) is 23.1 Å². The molecule has 0 unspecified atom stereocenters. The van der Waals surface area contributed by atoms with Gasteiger partial charge in [-0.25, -0.2) is 4.79 Å². The van der Waals surface area contributed by atoms with Crippen molar-refractivity contribution in [3.8, 4) is 17.2 Å². The SMILES string of the molecule is COc1cc(CC(=O)N(C)CC(=O)N(CCC(=O)O)Cc2ccc(OC)c(OC)c2)ccc1NC(=O)Nc1ccccc1C.[Na]. The molecule has 3 aromatic rings. The minimum Gasteiger partial charge on any atom is -0.495 e. The molecule has 235 valence electrons. The zero-order chi connectivity index (χ0) is 32.2. The summed E-state index contributed by atoms with van der Waals surface area (Å²) in [7, 11) is 5.98. The van der Waals surface area contributed by atoms with Gasteiger partial charge < -0.3 is 39.8 Å². The summed E-state index contributed by atoms with van der Waals surface area (Å²) < 4.78 is 16.0. The maximum absolute atomic E-state index is 13.2. The monoisotopic (exact) mass is 629 g/mol. The Morgan fingerprint density at radius 3 is 2.04 bits per heavy atom. The van der Waals surface area contributed by atoms with Crippen molar-refractivity contribution >= 4 is 64.7 Å². The van der Waals surface area contributed by atoms with Gasteiger partial charge in [0.2, 0.25) is 11.8 Å². The number of nitrogens with zero attached hydrogens (tertiary/aromatic N) is 2. The number of ether oxygens (including phenoxy) is 3. The van der Waals surface area contributed by atoms with E-state index < -0.39 is 17.9 Å². The van der Waals surface area contributed by atoms with Crippen molar-refractivity contribution in [3.05, 3.63) is 77.4 Å². The standard InChI is InChI=1S/C32H38N4O8.Na/c1-21-8-6-7-9-24(21)33-32(41)34-25-12-10-22(16-27(25)43-4)18-29(37)35(2)20-30(38)36(15-14-31(39)40)19-23-11-13-26(42-3)28(17-23)44-5;/h6-13,16-17H,14-15,18-20H2,1-5H3,(H,39,40)(H2,33,34,41);. The summed E-state index contributed by atoms with van der Waals surface area (Å²) in [6.45, 7) is 1.73. The van der Waals surface area contributed by atoms with Crippen LogP contribution in [0.2, 0.25) is 0 Å². The number of anilines is 2. The summed E-state index contributed by atoms with van der Waals surface area (Å²) in [6, 6.07) is 17.1. The molecule has 3 rings (SSSR count). The molecule has 0 aliphatic carbocycles. The van der Waals surface area contributed by atoms with E-state index in [4.69, 9.17) is 14.2 Å². The molecular weight excluding hydrogens is 591 g/mol. The van der Waals surface area contributed by atoms with Crippen molar-refractivity contribution in [2.24, 2.45) is 0 Å². The number of benzene rings is 3. The van der Waals surface area contributed by atoms with Gasteiger partial charge in [0.15, 0.2) is 11.5 Å². The number of carbonyl (C=O) groups excluding carboxylic acids is 3. The van der Waals surface area contributed by atoms with Crippen molar-refractivity contribution in [1.29, 1.82) is 0 Å². The van der Waals surface area contributed by atoms with Crippen LogP contribution >= 0.6 is 0 Å². The maximum atomic E-state index is 13.2. The number of rotatable bonds is 14. The fourth-order valence-electron chi connectivity index (χ4n) is 4.36. The first kappa shape index (κ1) is 36.9. The number of nitrogens with one attached hydrogen (secondary N) is 2. The topological polar surface area (TPSA) is 147 Å². The summed E-state index contributed by atoms with van der Waals surface area (Å²) >= 11 is 0. The molecule has 3 aromatic carbocycles. The van der Waals surface area contributed by atoms with Crippen LogP contribution in [-0.2, 0) is 27.3 Å². The Hall–Kier alpha value is -4.26. The number of likely N-dealkylation sites (N-methyl/N-ethyl adjacent to an activating group) is 1. The second-order valence-corrected chi connectivity index (χ2v) is 10.0. The van der Waals surface area contributed by atoms with Crippen LogP contribution in [-0.4, -0.2) is 110 Å². The molecule has 12 nitrogen and oxygen atoms in total. The zero-order valence-electron chi connectivity index (χ0n) is 26.5. The Balaban J connectivity index is 0.00000705. The zero-order valence-corrected chi connectivity index (χ0v) is 28.5. The van der Waals surface area contributed by atoms with Gasteiger partial charge in [-0.15, -0.1) is 0 Å². The number of hydrogen-bond donors (Lipinski definition) is 3. The second-order valence-electron chi connectivity index (χ2n) is 10.0. The molecule has 3 N–H and O–H groups in total. The third-order valence-electron chi connectivity index (χ3n) is 6.83. The molecule has 0 saturated carbocycles. The maximum Gasteiger partial charge on any atom is 0.323 e. The summed E-state index contributed by atoms with van der Waals surface area (Å²) in [6.07, 6.45) is -0.277. The molecule has 0 bridgehead atoms. The molecule has 0 spiro atoms. The van der Waals surface area contributed by atoms with Crippen LogP contribution in [0.4, 0.5) is 16.2 Å². The average molecular weight is 630 g/mol. The van der Waals surface area contributed by atoms with Crippen LogP contribution in [0, 0.1) is 6.92 Å². The van der Waals surface area contributed by atoms with Crippen molar-refractivity contribution < 1.29 is 38.5 Å². The van der Waals surface area contributed by atoms with Gasteiger partial charge >= 0.3 is 12.0 Å². The minimum atomic E-state index is -1.04. The van der Waals surface area contributed by atoms with Crippen molar-refractivity contribution in [2.45, 2.75) is 26.3 Å². The Bertz CT molecular complexity index is 1500. The first-order valence-electron chi connectivity index (χ1n) is 13.8. The second kappa shape index (κ2) is 17.9.